The fraction of sp³-hybridized carbons (Fsp3) is 0.235. The van der Waals surface area contributed by atoms with Crippen molar-refractivity contribution in [3.05, 3.63) is 65.0 Å². The predicted octanol–water partition coefficient (Wildman–Crippen LogP) is 2.15. The van der Waals surface area contributed by atoms with Gasteiger partial charge in [0.25, 0.3) is 5.56 Å². The quantitative estimate of drug-likeness (QED) is 0.775. The SMILES string of the molecule is CC(C)(C(=O)NCc1ccco1)n1nc(-c2ccco2)ccc1=O. The van der Waals surface area contributed by atoms with Crippen molar-refractivity contribution >= 4 is 5.91 Å². The molecule has 0 spiro atoms. The largest absolute Gasteiger partial charge is 0.467 e. The number of amides is 1. The fourth-order valence-corrected chi connectivity index (χ4v) is 2.26. The van der Waals surface area contributed by atoms with E-state index in [0.29, 0.717) is 17.2 Å². The van der Waals surface area contributed by atoms with Crippen molar-refractivity contribution in [3.63, 3.8) is 0 Å². The van der Waals surface area contributed by atoms with E-state index in [2.05, 4.69) is 10.4 Å². The normalized spacial score (nSPS) is 11.4. The van der Waals surface area contributed by atoms with Gasteiger partial charge in [0.1, 0.15) is 17.0 Å². The molecule has 0 atom stereocenters. The first-order chi connectivity index (χ1) is 11.5. The van der Waals surface area contributed by atoms with Gasteiger partial charge in [-0.3, -0.25) is 9.59 Å². The molecule has 3 aromatic rings. The first-order valence-corrected chi connectivity index (χ1v) is 7.44. The van der Waals surface area contributed by atoms with Gasteiger partial charge < -0.3 is 14.2 Å². The molecule has 0 saturated heterocycles. The maximum atomic E-state index is 12.5. The molecule has 0 radical (unpaired) electrons. The van der Waals surface area contributed by atoms with Crippen LogP contribution in [0.1, 0.15) is 19.6 Å². The van der Waals surface area contributed by atoms with Gasteiger partial charge in [0.05, 0.1) is 19.1 Å². The van der Waals surface area contributed by atoms with Gasteiger partial charge in [0, 0.05) is 6.07 Å². The molecule has 0 aromatic carbocycles. The average molecular weight is 327 g/mol. The molecule has 0 saturated carbocycles. The van der Waals surface area contributed by atoms with E-state index in [4.69, 9.17) is 8.83 Å². The number of hydrogen-bond donors (Lipinski definition) is 1. The molecule has 0 aliphatic carbocycles. The molecule has 0 aliphatic rings. The van der Waals surface area contributed by atoms with Crippen LogP contribution in [-0.4, -0.2) is 15.7 Å². The minimum absolute atomic E-state index is 0.238. The molecule has 124 valence electrons. The molecule has 3 heterocycles. The van der Waals surface area contributed by atoms with Gasteiger partial charge in [0.2, 0.25) is 5.91 Å². The molecule has 1 N–H and O–H groups in total. The minimum atomic E-state index is -1.17. The number of rotatable bonds is 5. The maximum absolute atomic E-state index is 12.5. The second-order valence-electron chi connectivity index (χ2n) is 5.77. The molecule has 7 heteroatoms. The van der Waals surface area contributed by atoms with Crippen molar-refractivity contribution < 1.29 is 13.6 Å². The van der Waals surface area contributed by atoms with E-state index < -0.39 is 5.54 Å². The van der Waals surface area contributed by atoms with E-state index in [1.165, 1.54) is 18.6 Å². The number of nitrogens with one attached hydrogen (secondary N) is 1. The van der Waals surface area contributed by atoms with E-state index >= 15 is 0 Å². The van der Waals surface area contributed by atoms with Gasteiger partial charge in [-0.2, -0.15) is 5.10 Å². The van der Waals surface area contributed by atoms with Crippen LogP contribution in [0.25, 0.3) is 11.5 Å². The summed E-state index contributed by atoms with van der Waals surface area (Å²) in [4.78, 5) is 24.7. The van der Waals surface area contributed by atoms with Crippen molar-refractivity contribution in [1.29, 1.82) is 0 Å². The third kappa shape index (κ3) is 3.01. The molecule has 7 nitrogen and oxygen atoms in total. The lowest BCUT2D eigenvalue weighted by atomic mass is 10.0. The summed E-state index contributed by atoms with van der Waals surface area (Å²) in [5.74, 6) is 0.810. The highest BCUT2D eigenvalue weighted by molar-refractivity contribution is 5.83. The number of furan rings is 2. The summed E-state index contributed by atoms with van der Waals surface area (Å²) in [5, 5.41) is 7.03. The van der Waals surface area contributed by atoms with Crippen LogP contribution in [0.5, 0.6) is 0 Å². The van der Waals surface area contributed by atoms with E-state index in [0.717, 1.165) is 4.68 Å². The Bertz CT molecular complexity index is 877. The van der Waals surface area contributed by atoms with Crippen LogP contribution >= 0.6 is 0 Å². The lowest BCUT2D eigenvalue weighted by molar-refractivity contribution is -0.129. The molecular weight excluding hydrogens is 310 g/mol. The van der Waals surface area contributed by atoms with Gasteiger partial charge in [0.15, 0.2) is 5.76 Å². The van der Waals surface area contributed by atoms with Crippen LogP contribution in [-0.2, 0) is 16.9 Å². The Morgan fingerprint density at radius 1 is 1.17 bits per heavy atom. The van der Waals surface area contributed by atoms with Gasteiger partial charge >= 0.3 is 0 Å². The summed E-state index contributed by atoms with van der Waals surface area (Å²) in [6, 6.07) is 9.90. The highest BCUT2D eigenvalue weighted by atomic mass is 16.3. The van der Waals surface area contributed by atoms with Crippen molar-refractivity contribution in [2.75, 3.05) is 0 Å². The van der Waals surface area contributed by atoms with E-state index in [1.807, 2.05) is 0 Å². The molecule has 24 heavy (non-hydrogen) atoms. The summed E-state index contributed by atoms with van der Waals surface area (Å²) < 4.78 is 11.6. The first kappa shape index (κ1) is 15.8. The van der Waals surface area contributed by atoms with Gasteiger partial charge in [-0.25, -0.2) is 4.68 Å². The molecule has 0 aliphatic heterocycles. The zero-order valence-electron chi connectivity index (χ0n) is 13.4. The van der Waals surface area contributed by atoms with Gasteiger partial charge in [-0.15, -0.1) is 0 Å². The van der Waals surface area contributed by atoms with Crippen molar-refractivity contribution in [2.24, 2.45) is 0 Å². The average Bonchev–Trinajstić information content (AvgIpc) is 3.26. The summed E-state index contributed by atoms with van der Waals surface area (Å²) >= 11 is 0. The monoisotopic (exact) mass is 327 g/mol. The smallest absolute Gasteiger partial charge is 0.267 e. The zero-order chi connectivity index (χ0) is 17.2. The Morgan fingerprint density at radius 3 is 2.58 bits per heavy atom. The molecular formula is C17H17N3O4. The minimum Gasteiger partial charge on any atom is -0.467 e. The summed E-state index contributed by atoms with van der Waals surface area (Å²) in [5.41, 5.74) is -1.07. The summed E-state index contributed by atoms with van der Waals surface area (Å²) in [6.07, 6.45) is 3.05. The first-order valence-electron chi connectivity index (χ1n) is 7.44. The van der Waals surface area contributed by atoms with Crippen molar-refractivity contribution in [3.8, 4) is 11.5 Å². The number of nitrogens with zero attached hydrogens (tertiary/aromatic N) is 2. The second kappa shape index (κ2) is 6.19. The van der Waals surface area contributed by atoms with Crippen LogP contribution in [0.4, 0.5) is 0 Å². The maximum Gasteiger partial charge on any atom is 0.267 e. The highest BCUT2D eigenvalue weighted by Gasteiger charge is 2.32. The van der Waals surface area contributed by atoms with Crippen LogP contribution in [0.2, 0.25) is 0 Å². The van der Waals surface area contributed by atoms with Crippen LogP contribution < -0.4 is 10.9 Å². The zero-order valence-corrected chi connectivity index (χ0v) is 13.4. The molecule has 1 amide bonds. The fourth-order valence-electron chi connectivity index (χ4n) is 2.26. The lowest BCUT2D eigenvalue weighted by Crippen LogP contribution is -2.49. The van der Waals surface area contributed by atoms with Gasteiger partial charge in [-0.05, 0) is 44.2 Å². The molecule has 0 unspecified atom stereocenters. The Kier molecular flexibility index (Phi) is 4.07. The third-order valence-electron chi connectivity index (χ3n) is 3.66. The van der Waals surface area contributed by atoms with E-state index in [1.54, 1.807) is 44.2 Å². The molecule has 3 rings (SSSR count). The Labute approximate surface area is 137 Å². The summed E-state index contributed by atoms with van der Waals surface area (Å²) in [7, 11) is 0. The van der Waals surface area contributed by atoms with Crippen LogP contribution in [0.3, 0.4) is 0 Å². The molecule has 0 fully saturated rings. The van der Waals surface area contributed by atoms with Gasteiger partial charge in [-0.1, -0.05) is 0 Å². The topological polar surface area (TPSA) is 90.3 Å². The standard InChI is InChI=1S/C17H17N3O4/c1-17(2,16(22)18-11-12-5-3-9-23-12)20-15(21)8-7-13(19-20)14-6-4-10-24-14/h3-10H,11H2,1-2H3,(H,18,22). The Morgan fingerprint density at radius 2 is 1.92 bits per heavy atom. The van der Waals surface area contributed by atoms with Crippen LogP contribution in [0, 0.1) is 0 Å². The lowest BCUT2D eigenvalue weighted by Gasteiger charge is -2.25. The number of aromatic nitrogens is 2. The third-order valence-corrected chi connectivity index (χ3v) is 3.66. The molecule has 0 bridgehead atoms. The second-order valence-corrected chi connectivity index (χ2v) is 5.77. The molecule has 3 aromatic heterocycles. The van der Waals surface area contributed by atoms with Crippen LogP contribution in [0.15, 0.2) is 62.6 Å². The Hall–Kier alpha value is -3.09. The number of hydrogen-bond acceptors (Lipinski definition) is 5. The van der Waals surface area contributed by atoms with E-state index in [9.17, 15) is 9.59 Å². The number of carbonyl (C=O) groups excluding carboxylic acids is 1. The highest BCUT2D eigenvalue weighted by Crippen LogP contribution is 2.18. The number of carbonyl (C=O) groups is 1. The van der Waals surface area contributed by atoms with Crippen molar-refractivity contribution in [2.45, 2.75) is 25.9 Å². The Balaban J connectivity index is 1.86. The van der Waals surface area contributed by atoms with Crippen molar-refractivity contribution in [1.82, 2.24) is 15.1 Å². The predicted molar refractivity (Wildman–Crippen MR) is 86.1 cm³/mol. The van der Waals surface area contributed by atoms with E-state index in [-0.39, 0.29) is 18.0 Å². The summed E-state index contributed by atoms with van der Waals surface area (Å²) in [6.45, 7) is 3.50.